The number of aromatic nitrogens is 1. The van der Waals surface area contributed by atoms with Gasteiger partial charge in [0.2, 0.25) is 0 Å². The second-order valence-corrected chi connectivity index (χ2v) is 3.36. The third kappa shape index (κ3) is 2.05. The van der Waals surface area contributed by atoms with Crippen LogP contribution in [0.4, 0.5) is 0 Å². The molecule has 0 bridgehead atoms. The summed E-state index contributed by atoms with van der Waals surface area (Å²) in [6, 6.07) is 3.19. The van der Waals surface area contributed by atoms with Gasteiger partial charge in [-0.05, 0) is 18.9 Å². The number of nitriles is 1. The van der Waals surface area contributed by atoms with Crippen LogP contribution in [0, 0.1) is 11.3 Å². The van der Waals surface area contributed by atoms with E-state index in [2.05, 4.69) is 4.98 Å². The van der Waals surface area contributed by atoms with Crippen molar-refractivity contribution in [2.24, 2.45) is 5.73 Å². The summed E-state index contributed by atoms with van der Waals surface area (Å²) in [4.78, 5) is 14.9. The maximum atomic E-state index is 11.1. The molecule has 0 atom stereocenters. The number of pyridine rings is 1. The second kappa shape index (κ2) is 3.58. The molecule has 0 radical (unpaired) electrons. The van der Waals surface area contributed by atoms with Crippen LogP contribution in [-0.4, -0.2) is 17.0 Å². The molecule has 15 heavy (non-hydrogen) atoms. The second-order valence-electron chi connectivity index (χ2n) is 3.36. The fraction of sp³-hybridized carbons (Fsp3) is 0.300. The highest BCUT2D eigenvalue weighted by Gasteiger charge is 2.25. The predicted molar refractivity (Wildman–Crippen MR) is 51.1 cm³/mol. The molecular formula is C10H9N3O2. The van der Waals surface area contributed by atoms with E-state index in [0.717, 1.165) is 12.8 Å². The summed E-state index contributed by atoms with van der Waals surface area (Å²) in [5, 5.41) is 8.62. The summed E-state index contributed by atoms with van der Waals surface area (Å²) in [5.74, 6) is -0.242. The molecule has 0 saturated heterocycles. The Morgan fingerprint density at radius 1 is 1.67 bits per heavy atom. The molecule has 76 valence electrons. The summed E-state index contributed by atoms with van der Waals surface area (Å²) in [5.41, 5.74) is 5.55. The Hall–Kier alpha value is -2.09. The van der Waals surface area contributed by atoms with Gasteiger partial charge in [-0.2, -0.15) is 5.26 Å². The number of nitrogens with zero attached hydrogens (tertiary/aromatic N) is 2. The molecule has 5 nitrogen and oxygen atoms in total. The quantitative estimate of drug-likeness (QED) is 0.778. The van der Waals surface area contributed by atoms with Crippen molar-refractivity contribution in [2.45, 2.75) is 18.9 Å². The van der Waals surface area contributed by atoms with E-state index in [1.165, 1.54) is 12.3 Å². The summed E-state index contributed by atoms with van der Waals surface area (Å²) < 4.78 is 5.44. The van der Waals surface area contributed by atoms with Gasteiger partial charge in [0.15, 0.2) is 5.75 Å². The van der Waals surface area contributed by atoms with Crippen LogP contribution >= 0.6 is 0 Å². The van der Waals surface area contributed by atoms with Gasteiger partial charge in [-0.3, -0.25) is 4.79 Å². The lowest BCUT2D eigenvalue weighted by molar-refractivity contribution is 0.0996. The van der Waals surface area contributed by atoms with Crippen molar-refractivity contribution in [3.63, 3.8) is 0 Å². The first kappa shape index (κ1) is 9.46. The van der Waals surface area contributed by atoms with Crippen molar-refractivity contribution in [1.29, 1.82) is 5.26 Å². The molecule has 2 rings (SSSR count). The average Bonchev–Trinajstić information content (AvgIpc) is 3.02. The normalized spacial score (nSPS) is 14.3. The zero-order chi connectivity index (χ0) is 10.8. The SMILES string of the molecule is N#Cc1cc(C(N)=O)c(OC2CC2)cn1. The third-order valence-corrected chi connectivity index (χ3v) is 2.07. The first-order valence-electron chi connectivity index (χ1n) is 4.57. The average molecular weight is 203 g/mol. The van der Waals surface area contributed by atoms with Crippen molar-refractivity contribution in [3.8, 4) is 11.8 Å². The fourth-order valence-corrected chi connectivity index (χ4v) is 1.16. The van der Waals surface area contributed by atoms with Crippen molar-refractivity contribution < 1.29 is 9.53 Å². The number of carbonyl (C=O) groups is 1. The van der Waals surface area contributed by atoms with Crippen molar-refractivity contribution in [1.82, 2.24) is 4.98 Å². The number of amides is 1. The molecule has 0 aliphatic heterocycles. The molecular weight excluding hydrogens is 194 g/mol. The zero-order valence-electron chi connectivity index (χ0n) is 7.93. The molecule has 1 amide bonds. The topological polar surface area (TPSA) is 89.0 Å². The zero-order valence-corrected chi connectivity index (χ0v) is 7.93. The number of nitrogens with two attached hydrogens (primary N) is 1. The van der Waals surface area contributed by atoms with E-state index in [-0.39, 0.29) is 17.4 Å². The van der Waals surface area contributed by atoms with E-state index in [0.29, 0.717) is 5.75 Å². The van der Waals surface area contributed by atoms with Gasteiger partial charge in [-0.15, -0.1) is 0 Å². The van der Waals surface area contributed by atoms with Crippen LogP contribution in [0.5, 0.6) is 5.75 Å². The molecule has 1 fully saturated rings. The monoisotopic (exact) mass is 203 g/mol. The molecule has 1 aromatic heterocycles. The van der Waals surface area contributed by atoms with Gasteiger partial charge in [-0.1, -0.05) is 0 Å². The Morgan fingerprint density at radius 3 is 2.93 bits per heavy atom. The van der Waals surface area contributed by atoms with E-state index in [1.807, 2.05) is 6.07 Å². The van der Waals surface area contributed by atoms with E-state index in [1.54, 1.807) is 0 Å². The Kier molecular flexibility index (Phi) is 2.26. The molecule has 1 aliphatic rings. The minimum atomic E-state index is -0.607. The molecule has 2 N–H and O–H groups in total. The fourth-order valence-electron chi connectivity index (χ4n) is 1.16. The summed E-state index contributed by atoms with van der Waals surface area (Å²) in [6.07, 6.45) is 3.51. The van der Waals surface area contributed by atoms with E-state index in [9.17, 15) is 4.79 Å². The number of hydrogen-bond donors (Lipinski definition) is 1. The molecule has 5 heteroatoms. The van der Waals surface area contributed by atoms with Crippen molar-refractivity contribution >= 4 is 5.91 Å². The number of rotatable bonds is 3. The highest BCUT2D eigenvalue weighted by Crippen LogP contribution is 2.28. The van der Waals surface area contributed by atoms with Crippen LogP contribution in [0.2, 0.25) is 0 Å². The highest BCUT2D eigenvalue weighted by molar-refractivity contribution is 5.95. The molecule has 1 aliphatic carbocycles. The smallest absolute Gasteiger partial charge is 0.252 e. The number of primary amides is 1. The molecule has 0 unspecified atom stereocenters. The number of carbonyl (C=O) groups excluding carboxylic acids is 1. The third-order valence-electron chi connectivity index (χ3n) is 2.07. The molecule has 0 spiro atoms. The lowest BCUT2D eigenvalue weighted by Crippen LogP contribution is -2.14. The first-order valence-corrected chi connectivity index (χ1v) is 4.57. The maximum absolute atomic E-state index is 11.1. The molecule has 1 aromatic rings. The van der Waals surface area contributed by atoms with Crippen LogP contribution in [0.1, 0.15) is 28.9 Å². The lowest BCUT2D eigenvalue weighted by Gasteiger charge is -2.07. The number of ether oxygens (including phenoxy) is 1. The van der Waals surface area contributed by atoms with Crippen LogP contribution < -0.4 is 10.5 Å². The van der Waals surface area contributed by atoms with Gasteiger partial charge in [-0.25, -0.2) is 4.98 Å². The van der Waals surface area contributed by atoms with Gasteiger partial charge in [0, 0.05) is 0 Å². The van der Waals surface area contributed by atoms with Crippen LogP contribution in [0.25, 0.3) is 0 Å². The Bertz CT molecular complexity index is 446. The van der Waals surface area contributed by atoms with E-state index < -0.39 is 5.91 Å². The standard InChI is InChI=1S/C10H9N3O2/c11-4-6-3-8(10(12)14)9(5-13-6)15-7-1-2-7/h3,5,7H,1-2H2,(H2,12,14). The molecule has 0 aromatic carbocycles. The van der Waals surface area contributed by atoms with Crippen LogP contribution in [0.15, 0.2) is 12.3 Å². The minimum absolute atomic E-state index is 0.159. The Morgan fingerprint density at radius 2 is 2.40 bits per heavy atom. The van der Waals surface area contributed by atoms with Gasteiger partial charge >= 0.3 is 0 Å². The molecule has 1 saturated carbocycles. The van der Waals surface area contributed by atoms with E-state index in [4.69, 9.17) is 15.7 Å². The minimum Gasteiger partial charge on any atom is -0.488 e. The van der Waals surface area contributed by atoms with Gasteiger partial charge in [0.1, 0.15) is 11.8 Å². The highest BCUT2D eigenvalue weighted by atomic mass is 16.5. The summed E-state index contributed by atoms with van der Waals surface area (Å²) >= 11 is 0. The number of hydrogen-bond acceptors (Lipinski definition) is 4. The van der Waals surface area contributed by atoms with Gasteiger partial charge in [0.05, 0.1) is 17.9 Å². The van der Waals surface area contributed by atoms with Crippen molar-refractivity contribution in [2.75, 3.05) is 0 Å². The Labute approximate surface area is 86.5 Å². The van der Waals surface area contributed by atoms with Gasteiger partial charge in [0.25, 0.3) is 5.91 Å². The Balaban J connectivity index is 2.35. The first-order chi connectivity index (χ1) is 7.20. The van der Waals surface area contributed by atoms with Crippen LogP contribution in [-0.2, 0) is 0 Å². The van der Waals surface area contributed by atoms with Crippen molar-refractivity contribution in [3.05, 3.63) is 23.5 Å². The maximum Gasteiger partial charge on any atom is 0.252 e. The predicted octanol–water partition coefficient (Wildman–Crippen LogP) is 0.593. The summed E-state index contributed by atoms with van der Waals surface area (Å²) in [7, 11) is 0. The molecule has 1 heterocycles. The largest absolute Gasteiger partial charge is 0.488 e. The van der Waals surface area contributed by atoms with E-state index >= 15 is 0 Å². The van der Waals surface area contributed by atoms with Gasteiger partial charge < -0.3 is 10.5 Å². The summed E-state index contributed by atoms with van der Waals surface area (Å²) in [6.45, 7) is 0. The lowest BCUT2D eigenvalue weighted by atomic mass is 10.2. The van der Waals surface area contributed by atoms with Crippen LogP contribution in [0.3, 0.4) is 0 Å².